The molecule has 0 N–H and O–H groups in total. The summed E-state index contributed by atoms with van der Waals surface area (Å²) in [4.78, 5) is 38.3. The van der Waals surface area contributed by atoms with Gasteiger partial charge in [0.05, 0.1) is 0 Å². The molecule has 0 heterocycles. The molecule has 0 aromatic rings. The molecule has 0 aliphatic rings. The highest BCUT2D eigenvalue weighted by Crippen LogP contribution is 2.17. The van der Waals surface area contributed by atoms with Crippen LogP contribution in [-0.2, 0) is 28.6 Å². The molecular formula is C68H122O6. The van der Waals surface area contributed by atoms with Gasteiger partial charge in [0.15, 0.2) is 6.10 Å². The van der Waals surface area contributed by atoms with Crippen molar-refractivity contribution < 1.29 is 28.6 Å². The molecule has 0 aliphatic heterocycles. The Bertz CT molecular complexity index is 1330. The Labute approximate surface area is 460 Å². The zero-order valence-electron chi connectivity index (χ0n) is 49.4. The first-order chi connectivity index (χ1) is 36.5. The van der Waals surface area contributed by atoms with Gasteiger partial charge in [-0.15, -0.1) is 0 Å². The highest BCUT2D eigenvalue weighted by molar-refractivity contribution is 5.71. The maximum absolute atomic E-state index is 12.9. The van der Waals surface area contributed by atoms with Gasteiger partial charge in [-0.2, -0.15) is 0 Å². The monoisotopic (exact) mass is 1030 g/mol. The lowest BCUT2D eigenvalue weighted by molar-refractivity contribution is -0.167. The fourth-order valence-corrected chi connectivity index (χ4v) is 9.36. The van der Waals surface area contributed by atoms with Crippen LogP contribution in [0.15, 0.2) is 60.8 Å². The minimum atomic E-state index is -0.782. The van der Waals surface area contributed by atoms with Crippen molar-refractivity contribution in [1.82, 2.24) is 0 Å². The van der Waals surface area contributed by atoms with Crippen LogP contribution in [0.2, 0.25) is 0 Å². The number of hydrogen-bond donors (Lipinski definition) is 0. The van der Waals surface area contributed by atoms with E-state index >= 15 is 0 Å². The Kier molecular flexibility index (Phi) is 60.2. The van der Waals surface area contributed by atoms with Crippen LogP contribution in [0.3, 0.4) is 0 Å². The van der Waals surface area contributed by atoms with E-state index in [1.165, 1.54) is 212 Å². The number of allylic oxidation sites excluding steroid dienone is 10. The SMILES string of the molecule is CCCCCCC/C=C\C/C=C\C/C=C\CCCCCCCCC(=O)OCC(COC(=O)CCCCCCCCCCCCCCCC)OC(=O)CCCCCCCCCCC/C=C\C/C=C\CCCCCCC. The van der Waals surface area contributed by atoms with E-state index in [4.69, 9.17) is 14.2 Å². The molecule has 1 unspecified atom stereocenters. The number of esters is 3. The first kappa shape index (κ1) is 71.1. The molecule has 6 heteroatoms. The van der Waals surface area contributed by atoms with Crippen LogP contribution >= 0.6 is 0 Å². The summed E-state index contributed by atoms with van der Waals surface area (Å²) in [5.41, 5.74) is 0. The molecule has 0 rings (SSSR count). The summed E-state index contributed by atoms with van der Waals surface area (Å²) in [7, 11) is 0. The summed E-state index contributed by atoms with van der Waals surface area (Å²) in [5, 5.41) is 0. The molecule has 6 nitrogen and oxygen atoms in total. The van der Waals surface area contributed by atoms with Crippen LogP contribution in [0.1, 0.15) is 335 Å². The third-order valence-electron chi connectivity index (χ3n) is 14.2. The van der Waals surface area contributed by atoms with Crippen molar-refractivity contribution in [3.05, 3.63) is 60.8 Å². The molecule has 0 bridgehead atoms. The molecule has 0 radical (unpaired) electrons. The zero-order valence-corrected chi connectivity index (χ0v) is 49.4. The molecule has 0 fully saturated rings. The van der Waals surface area contributed by atoms with Gasteiger partial charge in [0.25, 0.3) is 0 Å². The zero-order chi connectivity index (χ0) is 53.6. The van der Waals surface area contributed by atoms with Crippen molar-refractivity contribution in [2.75, 3.05) is 13.2 Å². The maximum atomic E-state index is 12.9. The Morgan fingerprint density at radius 1 is 0.270 bits per heavy atom. The number of carbonyl (C=O) groups excluding carboxylic acids is 3. The normalized spacial score (nSPS) is 12.4. The molecule has 0 saturated heterocycles. The standard InChI is InChI=1S/C68H122O6/c1-4-7-10-13-16-19-22-25-28-30-32-34-36-38-40-43-46-49-52-55-58-61-67(70)73-64-65(63-72-66(69)60-57-54-51-48-45-42-27-24-21-18-15-12-9-6-3)74-68(71)62-59-56-53-50-47-44-41-39-37-35-33-31-29-26-23-20-17-14-11-8-5-2/h22-23,25-26,30-33,36,38,65H,4-21,24,27-29,34-35,37,39-64H2,1-3H3/b25-22-,26-23-,32-30-,33-31-,38-36-. The number of ether oxygens (including phenoxy) is 3. The second-order valence-corrected chi connectivity index (χ2v) is 21.7. The molecule has 0 amide bonds. The third kappa shape index (κ3) is 60.0. The van der Waals surface area contributed by atoms with Crippen molar-refractivity contribution in [1.29, 1.82) is 0 Å². The summed E-state index contributed by atoms with van der Waals surface area (Å²) in [6, 6.07) is 0. The van der Waals surface area contributed by atoms with Gasteiger partial charge < -0.3 is 14.2 Å². The number of rotatable bonds is 59. The van der Waals surface area contributed by atoms with Gasteiger partial charge in [-0.05, 0) is 89.9 Å². The molecule has 0 aliphatic carbocycles. The molecule has 430 valence electrons. The van der Waals surface area contributed by atoms with Crippen LogP contribution in [-0.4, -0.2) is 37.2 Å². The molecule has 0 saturated carbocycles. The van der Waals surface area contributed by atoms with E-state index in [0.29, 0.717) is 19.3 Å². The van der Waals surface area contributed by atoms with Gasteiger partial charge in [0.1, 0.15) is 13.2 Å². The highest BCUT2D eigenvalue weighted by atomic mass is 16.6. The van der Waals surface area contributed by atoms with Crippen LogP contribution in [0, 0.1) is 0 Å². The first-order valence-electron chi connectivity index (χ1n) is 32.3. The molecule has 0 aromatic carbocycles. The molecule has 1 atom stereocenters. The van der Waals surface area contributed by atoms with Crippen molar-refractivity contribution >= 4 is 17.9 Å². The largest absolute Gasteiger partial charge is 0.462 e. The van der Waals surface area contributed by atoms with Crippen molar-refractivity contribution in [2.45, 2.75) is 341 Å². The average molecular weight is 1040 g/mol. The van der Waals surface area contributed by atoms with E-state index in [-0.39, 0.29) is 31.1 Å². The van der Waals surface area contributed by atoms with Crippen molar-refractivity contribution in [2.24, 2.45) is 0 Å². The second-order valence-electron chi connectivity index (χ2n) is 21.7. The molecule has 0 aromatic heterocycles. The fourth-order valence-electron chi connectivity index (χ4n) is 9.36. The van der Waals surface area contributed by atoms with E-state index < -0.39 is 6.10 Å². The molecule has 74 heavy (non-hydrogen) atoms. The van der Waals surface area contributed by atoms with Crippen molar-refractivity contribution in [3.8, 4) is 0 Å². The van der Waals surface area contributed by atoms with Gasteiger partial charge in [0.2, 0.25) is 0 Å². The lowest BCUT2D eigenvalue weighted by Crippen LogP contribution is -2.30. The number of hydrogen-bond acceptors (Lipinski definition) is 6. The van der Waals surface area contributed by atoms with E-state index in [1.807, 2.05) is 0 Å². The summed E-state index contributed by atoms with van der Waals surface area (Å²) >= 11 is 0. The van der Waals surface area contributed by atoms with Crippen molar-refractivity contribution in [3.63, 3.8) is 0 Å². The third-order valence-corrected chi connectivity index (χ3v) is 14.2. The Morgan fingerprint density at radius 2 is 0.486 bits per heavy atom. The summed E-state index contributed by atoms with van der Waals surface area (Å²) in [6.45, 7) is 6.65. The average Bonchev–Trinajstić information content (AvgIpc) is 3.40. The van der Waals surface area contributed by atoms with E-state index in [0.717, 1.165) is 83.5 Å². The predicted octanol–water partition coefficient (Wildman–Crippen LogP) is 21.9. The minimum Gasteiger partial charge on any atom is -0.462 e. The summed E-state index contributed by atoms with van der Waals surface area (Å²) in [5.74, 6) is -0.876. The van der Waals surface area contributed by atoms with Crippen LogP contribution in [0.4, 0.5) is 0 Å². The first-order valence-corrected chi connectivity index (χ1v) is 32.3. The van der Waals surface area contributed by atoms with Crippen LogP contribution in [0.25, 0.3) is 0 Å². The molecular weight excluding hydrogens is 913 g/mol. The van der Waals surface area contributed by atoms with Gasteiger partial charge in [-0.3, -0.25) is 14.4 Å². The van der Waals surface area contributed by atoms with Gasteiger partial charge in [-0.25, -0.2) is 0 Å². The lowest BCUT2D eigenvalue weighted by Gasteiger charge is -2.18. The van der Waals surface area contributed by atoms with Crippen LogP contribution in [0.5, 0.6) is 0 Å². The Morgan fingerprint density at radius 3 is 0.757 bits per heavy atom. The number of carbonyl (C=O) groups is 3. The Hall–Kier alpha value is -2.89. The highest BCUT2D eigenvalue weighted by Gasteiger charge is 2.19. The second kappa shape index (κ2) is 62.6. The van der Waals surface area contributed by atoms with Gasteiger partial charge >= 0.3 is 17.9 Å². The lowest BCUT2D eigenvalue weighted by atomic mass is 10.0. The van der Waals surface area contributed by atoms with Gasteiger partial charge in [0, 0.05) is 19.3 Å². The molecule has 0 spiro atoms. The Balaban J connectivity index is 4.37. The minimum absolute atomic E-state index is 0.0771. The summed E-state index contributed by atoms with van der Waals surface area (Å²) < 4.78 is 16.9. The van der Waals surface area contributed by atoms with E-state index in [1.54, 1.807) is 0 Å². The topological polar surface area (TPSA) is 78.9 Å². The quantitative estimate of drug-likeness (QED) is 0.0261. The number of unbranched alkanes of at least 4 members (excludes halogenated alkanes) is 38. The smallest absolute Gasteiger partial charge is 0.306 e. The summed E-state index contributed by atoms with van der Waals surface area (Å²) in [6.07, 6.45) is 79.3. The van der Waals surface area contributed by atoms with Gasteiger partial charge in [-0.1, -0.05) is 287 Å². The maximum Gasteiger partial charge on any atom is 0.306 e. The predicted molar refractivity (Wildman–Crippen MR) is 321 cm³/mol. The van der Waals surface area contributed by atoms with E-state index in [9.17, 15) is 14.4 Å². The van der Waals surface area contributed by atoms with E-state index in [2.05, 4.69) is 81.5 Å². The van der Waals surface area contributed by atoms with Crippen LogP contribution < -0.4 is 0 Å². The fraction of sp³-hybridized carbons (Fsp3) is 0.809.